The molecular formula is C27H34ClN5OS. The number of nitrogens with one attached hydrogen (secondary N) is 1. The summed E-state index contributed by atoms with van der Waals surface area (Å²) < 4.78 is 0. The van der Waals surface area contributed by atoms with Crippen LogP contribution in [0.5, 0.6) is 0 Å². The molecule has 0 saturated carbocycles. The number of amides is 1. The van der Waals surface area contributed by atoms with Gasteiger partial charge in [0.15, 0.2) is 5.11 Å². The minimum atomic E-state index is 0.110. The number of halogens is 1. The van der Waals surface area contributed by atoms with E-state index in [1.807, 2.05) is 25.4 Å². The summed E-state index contributed by atoms with van der Waals surface area (Å²) in [5.41, 5.74) is 5.08. The summed E-state index contributed by atoms with van der Waals surface area (Å²) in [7, 11) is 1.87. The number of piperidine rings is 1. The van der Waals surface area contributed by atoms with E-state index in [1.165, 1.54) is 16.7 Å². The summed E-state index contributed by atoms with van der Waals surface area (Å²) in [6.07, 6.45) is 6.55. The predicted octanol–water partition coefficient (Wildman–Crippen LogP) is 3.67. The van der Waals surface area contributed by atoms with Gasteiger partial charge in [-0.25, -0.2) is 0 Å². The zero-order chi connectivity index (χ0) is 24.4. The van der Waals surface area contributed by atoms with Crippen molar-refractivity contribution in [3.63, 3.8) is 0 Å². The van der Waals surface area contributed by atoms with Crippen LogP contribution in [-0.2, 0) is 17.6 Å². The normalized spacial score (nSPS) is 21.1. The van der Waals surface area contributed by atoms with Crippen molar-refractivity contribution >= 4 is 34.8 Å². The van der Waals surface area contributed by atoms with E-state index >= 15 is 0 Å². The number of carbonyl (C=O) groups is 1. The van der Waals surface area contributed by atoms with Crippen molar-refractivity contribution in [2.75, 3.05) is 46.3 Å². The van der Waals surface area contributed by atoms with E-state index in [0.717, 1.165) is 80.8 Å². The number of pyridine rings is 1. The van der Waals surface area contributed by atoms with Crippen LogP contribution < -0.4 is 5.32 Å². The molecule has 8 heteroatoms. The minimum absolute atomic E-state index is 0.110. The fourth-order valence-electron chi connectivity index (χ4n) is 5.86. The third-order valence-electron chi connectivity index (χ3n) is 7.86. The topological polar surface area (TPSA) is 51.7 Å². The van der Waals surface area contributed by atoms with Crippen LogP contribution in [0.25, 0.3) is 0 Å². The van der Waals surface area contributed by atoms with Crippen LogP contribution in [0.15, 0.2) is 36.5 Å². The van der Waals surface area contributed by atoms with Crippen LogP contribution in [0.2, 0.25) is 5.02 Å². The highest BCUT2D eigenvalue weighted by molar-refractivity contribution is 7.80. The number of hydrogen-bond donors (Lipinski definition) is 1. The van der Waals surface area contributed by atoms with Crippen molar-refractivity contribution in [3.05, 3.63) is 63.9 Å². The van der Waals surface area contributed by atoms with Crippen LogP contribution in [0.4, 0.5) is 0 Å². The standard InChI is InChI=1S/C27H34ClN5OS/c1-29-27(35)33-11-8-19(9-12-33)17-24(34)31-13-15-32(16-14-31)26-23-7-6-22(28)18-21(23)5-4-20-3-2-10-30-25(20)26/h2-3,6-7,10,18-19,26H,4-5,8-9,11-17H2,1H3,(H,29,35). The van der Waals surface area contributed by atoms with Gasteiger partial charge in [-0.2, -0.15) is 0 Å². The van der Waals surface area contributed by atoms with Crippen molar-refractivity contribution in [3.8, 4) is 0 Å². The molecular weight excluding hydrogens is 478 g/mol. The lowest BCUT2D eigenvalue weighted by atomic mass is 9.93. The molecule has 1 N–H and O–H groups in total. The number of benzene rings is 1. The van der Waals surface area contributed by atoms with E-state index < -0.39 is 0 Å². The van der Waals surface area contributed by atoms with Gasteiger partial charge in [0.1, 0.15) is 0 Å². The lowest BCUT2D eigenvalue weighted by Gasteiger charge is -2.40. The molecule has 186 valence electrons. The molecule has 3 aliphatic rings. The fourth-order valence-corrected chi connectivity index (χ4v) is 6.23. The second-order valence-corrected chi connectivity index (χ2v) is 10.7. The molecule has 3 heterocycles. The first-order valence-corrected chi connectivity index (χ1v) is 13.5. The van der Waals surface area contributed by atoms with Crippen LogP contribution in [-0.4, -0.2) is 77.0 Å². The Morgan fingerprint density at radius 1 is 1.06 bits per heavy atom. The van der Waals surface area contributed by atoms with E-state index in [4.69, 9.17) is 28.8 Å². The zero-order valence-electron chi connectivity index (χ0n) is 20.4. The highest BCUT2D eigenvalue weighted by Gasteiger charge is 2.33. The first kappa shape index (κ1) is 24.5. The number of hydrogen-bond acceptors (Lipinski definition) is 4. The van der Waals surface area contributed by atoms with Gasteiger partial charge in [0, 0.05) is 64.0 Å². The van der Waals surface area contributed by atoms with E-state index in [1.54, 1.807) is 0 Å². The molecule has 0 spiro atoms. The smallest absolute Gasteiger partial charge is 0.222 e. The first-order valence-electron chi connectivity index (χ1n) is 12.7. The maximum absolute atomic E-state index is 13.1. The minimum Gasteiger partial charge on any atom is -0.366 e. The molecule has 2 saturated heterocycles. The van der Waals surface area contributed by atoms with Gasteiger partial charge in [-0.15, -0.1) is 0 Å². The second-order valence-electron chi connectivity index (χ2n) is 9.90. The van der Waals surface area contributed by atoms with Crippen molar-refractivity contribution < 1.29 is 4.79 Å². The molecule has 1 unspecified atom stereocenters. The summed E-state index contributed by atoms with van der Waals surface area (Å²) >= 11 is 11.7. The summed E-state index contributed by atoms with van der Waals surface area (Å²) in [6.45, 7) is 5.10. The Labute approximate surface area is 218 Å². The predicted molar refractivity (Wildman–Crippen MR) is 144 cm³/mol. The molecule has 0 bridgehead atoms. The van der Waals surface area contributed by atoms with E-state index in [0.29, 0.717) is 18.2 Å². The highest BCUT2D eigenvalue weighted by Crippen LogP contribution is 2.37. The van der Waals surface area contributed by atoms with E-state index in [-0.39, 0.29) is 6.04 Å². The lowest BCUT2D eigenvalue weighted by Crippen LogP contribution is -2.50. The number of thiocarbonyl (C=S) groups is 1. The fraction of sp³-hybridized carbons (Fsp3) is 0.519. The highest BCUT2D eigenvalue weighted by atomic mass is 35.5. The Balaban J connectivity index is 1.24. The Kier molecular flexibility index (Phi) is 7.56. The average molecular weight is 512 g/mol. The Morgan fingerprint density at radius 3 is 2.54 bits per heavy atom. The molecule has 2 aliphatic heterocycles. The molecule has 2 aromatic rings. The van der Waals surface area contributed by atoms with Crippen molar-refractivity contribution in [2.24, 2.45) is 5.92 Å². The molecule has 1 atom stereocenters. The molecule has 5 rings (SSSR count). The first-order chi connectivity index (χ1) is 17.0. The van der Waals surface area contributed by atoms with Gasteiger partial charge in [0.25, 0.3) is 0 Å². The zero-order valence-corrected chi connectivity index (χ0v) is 22.0. The molecule has 2 fully saturated rings. The molecule has 6 nitrogen and oxygen atoms in total. The monoisotopic (exact) mass is 511 g/mol. The van der Waals surface area contributed by atoms with Crippen molar-refractivity contribution in [2.45, 2.75) is 38.1 Å². The van der Waals surface area contributed by atoms with Crippen LogP contribution in [0.3, 0.4) is 0 Å². The van der Waals surface area contributed by atoms with Crippen LogP contribution in [0, 0.1) is 5.92 Å². The maximum atomic E-state index is 13.1. The van der Waals surface area contributed by atoms with E-state index in [9.17, 15) is 4.79 Å². The van der Waals surface area contributed by atoms with E-state index in [2.05, 4.69) is 38.2 Å². The molecule has 1 aromatic heterocycles. The van der Waals surface area contributed by atoms with Gasteiger partial charge >= 0.3 is 0 Å². The Bertz CT molecular complexity index is 1080. The molecule has 1 amide bonds. The Hall–Kier alpha value is -2.22. The number of aromatic nitrogens is 1. The van der Waals surface area contributed by atoms with Crippen LogP contribution >= 0.6 is 23.8 Å². The van der Waals surface area contributed by atoms with Gasteiger partial charge in [-0.3, -0.25) is 14.7 Å². The summed E-state index contributed by atoms with van der Waals surface area (Å²) in [4.78, 5) is 24.8. The number of nitrogens with zero attached hydrogens (tertiary/aromatic N) is 4. The quantitative estimate of drug-likeness (QED) is 0.634. The summed E-state index contributed by atoms with van der Waals surface area (Å²) in [5, 5.41) is 4.66. The van der Waals surface area contributed by atoms with Gasteiger partial charge in [-0.05, 0) is 78.7 Å². The number of likely N-dealkylation sites (tertiary alicyclic amines) is 1. The molecule has 1 aromatic carbocycles. The third-order valence-corrected chi connectivity index (χ3v) is 8.56. The Morgan fingerprint density at radius 2 is 1.80 bits per heavy atom. The summed E-state index contributed by atoms with van der Waals surface area (Å²) in [5.74, 6) is 0.747. The second kappa shape index (κ2) is 10.8. The van der Waals surface area contributed by atoms with Gasteiger partial charge < -0.3 is 15.1 Å². The number of carbonyl (C=O) groups excluding carboxylic acids is 1. The van der Waals surface area contributed by atoms with Gasteiger partial charge in [0.05, 0.1) is 11.7 Å². The van der Waals surface area contributed by atoms with Gasteiger partial charge in [-0.1, -0.05) is 23.7 Å². The van der Waals surface area contributed by atoms with Crippen molar-refractivity contribution in [1.29, 1.82) is 0 Å². The van der Waals surface area contributed by atoms with Crippen molar-refractivity contribution in [1.82, 2.24) is 25.0 Å². The van der Waals surface area contributed by atoms with Gasteiger partial charge in [0.2, 0.25) is 5.91 Å². The molecule has 1 aliphatic carbocycles. The SMILES string of the molecule is CNC(=S)N1CCC(CC(=O)N2CCN(C3c4ccc(Cl)cc4CCc4cccnc43)CC2)CC1. The number of rotatable bonds is 3. The van der Waals surface area contributed by atoms with Crippen LogP contribution in [0.1, 0.15) is 47.7 Å². The number of fused-ring (bicyclic) bond motifs is 2. The third kappa shape index (κ3) is 5.32. The maximum Gasteiger partial charge on any atom is 0.222 e. The number of piperazine rings is 1. The number of aryl methyl sites for hydroxylation is 2. The molecule has 35 heavy (non-hydrogen) atoms. The molecule has 0 radical (unpaired) electrons. The largest absolute Gasteiger partial charge is 0.366 e. The lowest BCUT2D eigenvalue weighted by molar-refractivity contribution is -0.134. The summed E-state index contributed by atoms with van der Waals surface area (Å²) in [6, 6.07) is 10.6. The average Bonchev–Trinajstić information content (AvgIpc) is 3.05.